The molecule has 0 radical (unpaired) electrons. The number of nitrogens with two attached hydrogens (primary N) is 1. The summed E-state index contributed by atoms with van der Waals surface area (Å²) in [6.45, 7) is 13.3. The van der Waals surface area contributed by atoms with E-state index in [0.717, 1.165) is 18.7 Å². The Morgan fingerprint density at radius 3 is 2.42 bits per heavy atom. The highest BCUT2D eigenvalue weighted by Crippen LogP contribution is 2.38. The Labute approximate surface area is 184 Å². The van der Waals surface area contributed by atoms with E-state index >= 15 is 0 Å². The van der Waals surface area contributed by atoms with Crippen LogP contribution in [-0.4, -0.2) is 36.4 Å². The lowest BCUT2D eigenvalue weighted by molar-refractivity contribution is 0.0981. The van der Waals surface area contributed by atoms with Crippen molar-refractivity contribution in [2.75, 3.05) is 17.2 Å². The SMILES string of the molecule is C[C@@H]1CN(c2nc(C(C)(C)C)ccc2C(=O)NS(=O)(=O)c2cccc(N)n2)C(C)(C)C1. The minimum Gasteiger partial charge on any atom is -0.384 e. The van der Waals surface area contributed by atoms with Crippen LogP contribution in [0.2, 0.25) is 0 Å². The summed E-state index contributed by atoms with van der Waals surface area (Å²) >= 11 is 0. The Hall–Kier alpha value is -2.68. The number of hydrogen-bond donors (Lipinski definition) is 2. The Kier molecular flexibility index (Phi) is 5.77. The molecule has 1 aliphatic rings. The van der Waals surface area contributed by atoms with Gasteiger partial charge in [-0.1, -0.05) is 33.8 Å². The molecule has 0 aliphatic carbocycles. The molecule has 1 aliphatic heterocycles. The predicted molar refractivity (Wildman–Crippen MR) is 121 cm³/mol. The van der Waals surface area contributed by atoms with E-state index in [1.807, 2.05) is 20.8 Å². The smallest absolute Gasteiger partial charge is 0.281 e. The fraction of sp³-hybridized carbons (Fsp3) is 0.500. The van der Waals surface area contributed by atoms with E-state index in [1.54, 1.807) is 12.1 Å². The van der Waals surface area contributed by atoms with Gasteiger partial charge in [0.2, 0.25) is 0 Å². The number of nitrogens with zero attached hydrogens (tertiary/aromatic N) is 3. The van der Waals surface area contributed by atoms with Gasteiger partial charge >= 0.3 is 0 Å². The molecule has 0 spiro atoms. The molecule has 1 amide bonds. The molecule has 0 bridgehead atoms. The van der Waals surface area contributed by atoms with E-state index in [1.165, 1.54) is 18.2 Å². The Morgan fingerprint density at radius 1 is 1.19 bits per heavy atom. The van der Waals surface area contributed by atoms with Crippen molar-refractivity contribution in [1.29, 1.82) is 0 Å². The fourth-order valence-electron chi connectivity index (χ4n) is 4.02. The van der Waals surface area contributed by atoms with Crippen LogP contribution in [0.3, 0.4) is 0 Å². The highest BCUT2D eigenvalue weighted by atomic mass is 32.2. The van der Waals surface area contributed by atoms with Gasteiger partial charge < -0.3 is 10.6 Å². The first-order chi connectivity index (χ1) is 14.2. The van der Waals surface area contributed by atoms with Crippen molar-refractivity contribution in [3.63, 3.8) is 0 Å². The largest absolute Gasteiger partial charge is 0.384 e. The first-order valence-corrected chi connectivity index (χ1v) is 11.8. The molecule has 0 saturated carbocycles. The van der Waals surface area contributed by atoms with Gasteiger partial charge in [0.05, 0.1) is 5.56 Å². The normalized spacial score (nSPS) is 18.8. The van der Waals surface area contributed by atoms with Crippen LogP contribution >= 0.6 is 0 Å². The molecule has 2 aromatic heterocycles. The quantitative estimate of drug-likeness (QED) is 0.742. The third kappa shape index (κ3) is 4.81. The number of carbonyl (C=O) groups is 1. The molecule has 8 nitrogen and oxygen atoms in total. The van der Waals surface area contributed by atoms with Crippen molar-refractivity contribution >= 4 is 27.6 Å². The maximum atomic E-state index is 13.1. The number of pyridine rings is 2. The van der Waals surface area contributed by atoms with E-state index in [9.17, 15) is 13.2 Å². The van der Waals surface area contributed by atoms with Crippen LogP contribution in [0.25, 0.3) is 0 Å². The van der Waals surface area contributed by atoms with Crippen molar-refractivity contribution in [2.45, 2.75) is 63.9 Å². The number of rotatable bonds is 4. The minimum atomic E-state index is -4.19. The minimum absolute atomic E-state index is 0.0556. The van der Waals surface area contributed by atoms with Crippen LogP contribution in [0.15, 0.2) is 35.4 Å². The first-order valence-electron chi connectivity index (χ1n) is 10.3. The van der Waals surface area contributed by atoms with Crippen LogP contribution in [0.1, 0.15) is 64.0 Å². The van der Waals surface area contributed by atoms with E-state index in [2.05, 4.69) is 35.4 Å². The summed E-state index contributed by atoms with van der Waals surface area (Å²) in [5, 5.41) is -0.309. The number of carbonyl (C=O) groups excluding carboxylic acids is 1. The molecule has 2 aromatic rings. The van der Waals surface area contributed by atoms with Gasteiger partial charge in [-0.3, -0.25) is 4.79 Å². The van der Waals surface area contributed by atoms with Crippen molar-refractivity contribution in [1.82, 2.24) is 14.7 Å². The molecule has 1 fully saturated rings. The number of nitrogen functional groups attached to an aromatic ring is 1. The number of nitrogens with one attached hydrogen (secondary N) is 1. The zero-order valence-electron chi connectivity index (χ0n) is 18.9. The lowest BCUT2D eigenvalue weighted by Crippen LogP contribution is -2.41. The van der Waals surface area contributed by atoms with Gasteiger partial charge in [-0.15, -0.1) is 0 Å². The van der Waals surface area contributed by atoms with E-state index in [4.69, 9.17) is 10.7 Å². The summed E-state index contributed by atoms with van der Waals surface area (Å²) < 4.78 is 27.6. The van der Waals surface area contributed by atoms with Gasteiger partial charge in [-0.25, -0.2) is 14.7 Å². The zero-order valence-corrected chi connectivity index (χ0v) is 19.7. The molecule has 0 aromatic carbocycles. The van der Waals surface area contributed by atoms with Crippen LogP contribution in [-0.2, 0) is 15.4 Å². The maximum absolute atomic E-state index is 13.1. The van der Waals surface area contributed by atoms with Crippen LogP contribution in [0.4, 0.5) is 11.6 Å². The number of hydrogen-bond acceptors (Lipinski definition) is 7. The van der Waals surface area contributed by atoms with Gasteiger partial charge in [-0.2, -0.15) is 8.42 Å². The Morgan fingerprint density at radius 2 is 1.87 bits per heavy atom. The summed E-state index contributed by atoms with van der Waals surface area (Å²) in [7, 11) is -4.19. The number of anilines is 2. The van der Waals surface area contributed by atoms with Crippen molar-refractivity contribution in [3.05, 3.63) is 41.6 Å². The molecule has 3 rings (SSSR count). The second-order valence-electron chi connectivity index (χ2n) is 9.89. The summed E-state index contributed by atoms with van der Waals surface area (Å²) in [6.07, 6.45) is 0.945. The molecular formula is C22H31N5O3S. The monoisotopic (exact) mass is 445 g/mol. The molecule has 168 valence electrons. The summed E-state index contributed by atoms with van der Waals surface area (Å²) in [5.41, 5.74) is 6.20. The van der Waals surface area contributed by atoms with Gasteiger partial charge in [0.15, 0.2) is 5.03 Å². The Bertz CT molecular complexity index is 1110. The lowest BCUT2D eigenvalue weighted by Gasteiger charge is -2.34. The van der Waals surface area contributed by atoms with Gasteiger partial charge in [0.1, 0.15) is 11.6 Å². The number of amides is 1. The molecule has 0 unspecified atom stereocenters. The fourth-order valence-corrected chi connectivity index (χ4v) is 4.96. The van der Waals surface area contributed by atoms with Crippen LogP contribution < -0.4 is 15.4 Å². The van der Waals surface area contributed by atoms with Gasteiger partial charge in [-0.05, 0) is 50.5 Å². The highest BCUT2D eigenvalue weighted by Gasteiger charge is 2.39. The highest BCUT2D eigenvalue weighted by molar-refractivity contribution is 7.90. The first kappa shape index (κ1) is 23.0. The average molecular weight is 446 g/mol. The van der Waals surface area contributed by atoms with Gasteiger partial charge in [0.25, 0.3) is 15.9 Å². The van der Waals surface area contributed by atoms with Crippen molar-refractivity contribution in [2.24, 2.45) is 5.92 Å². The van der Waals surface area contributed by atoms with E-state index in [0.29, 0.717) is 11.7 Å². The number of sulfonamides is 1. The van der Waals surface area contributed by atoms with Crippen molar-refractivity contribution < 1.29 is 13.2 Å². The average Bonchev–Trinajstić information content (AvgIpc) is 2.92. The third-order valence-electron chi connectivity index (χ3n) is 5.46. The molecule has 1 saturated heterocycles. The van der Waals surface area contributed by atoms with Crippen molar-refractivity contribution in [3.8, 4) is 0 Å². The topological polar surface area (TPSA) is 118 Å². The van der Waals surface area contributed by atoms with E-state index in [-0.39, 0.29) is 27.4 Å². The van der Waals surface area contributed by atoms with Crippen LogP contribution in [0, 0.1) is 5.92 Å². The third-order valence-corrected chi connectivity index (χ3v) is 6.70. The summed E-state index contributed by atoms with van der Waals surface area (Å²) in [6, 6.07) is 7.67. The molecular weight excluding hydrogens is 414 g/mol. The molecule has 3 N–H and O–H groups in total. The maximum Gasteiger partial charge on any atom is 0.281 e. The Balaban J connectivity index is 2.05. The van der Waals surface area contributed by atoms with Gasteiger partial charge in [0, 0.05) is 23.2 Å². The molecule has 3 heterocycles. The molecule has 9 heteroatoms. The number of aromatic nitrogens is 2. The molecule has 1 atom stereocenters. The van der Waals surface area contributed by atoms with Crippen LogP contribution in [0.5, 0.6) is 0 Å². The second-order valence-corrected chi connectivity index (χ2v) is 11.5. The standard InChI is InChI=1S/C22H31N5O3S/c1-14-12-22(5,6)27(13-14)19-15(10-11-16(24-19)21(2,3)4)20(28)26-31(29,30)18-9-7-8-17(23)25-18/h7-11,14H,12-13H2,1-6H3,(H2,23,25)(H,26,28)/t14-/m0/s1. The van der Waals surface area contributed by atoms with E-state index < -0.39 is 15.9 Å². The summed E-state index contributed by atoms with van der Waals surface area (Å²) in [5.74, 6) is 0.226. The lowest BCUT2D eigenvalue weighted by atomic mass is 9.91. The summed E-state index contributed by atoms with van der Waals surface area (Å²) in [4.78, 5) is 23.9. The predicted octanol–water partition coefficient (Wildman–Crippen LogP) is 3.10. The second kappa shape index (κ2) is 7.78. The zero-order chi connectivity index (χ0) is 23.2. The molecule has 31 heavy (non-hydrogen) atoms.